The van der Waals surface area contributed by atoms with E-state index in [4.69, 9.17) is 13.8 Å². The Morgan fingerprint density at radius 1 is 1.19 bits per heavy atom. The molecular weight excluding hydrogens is 307 g/mol. The summed E-state index contributed by atoms with van der Waals surface area (Å²) in [5.41, 5.74) is 0.942. The van der Waals surface area contributed by atoms with Gasteiger partial charge in [0.2, 0.25) is 0 Å². The molecule has 1 aliphatic rings. The van der Waals surface area contributed by atoms with E-state index in [0.717, 1.165) is 10.5 Å². The standard InChI is InChI=1S/C15H21O4PS/c1-5-18-20(16,19-6-2)15-11(3)21-13-10-8-7-9-12(13)14(15)17-4/h7-11H,5-6H2,1-4H3. The number of methoxy groups -OCH3 is 1. The van der Waals surface area contributed by atoms with Crippen molar-refractivity contribution in [2.24, 2.45) is 0 Å². The van der Waals surface area contributed by atoms with E-state index in [9.17, 15) is 4.57 Å². The third kappa shape index (κ3) is 3.21. The van der Waals surface area contributed by atoms with E-state index >= 15 is 0 Å². The summed E-state index contributed by atoms with van der Waals surface area (Å²) < 4.78 is 29.8. The Morgan fingerprint density at radius 3 is 2.38 bits per heavy atom. The highest BCUT2D eigenvalue weighted by Crippen LogP contribution is 2.63. The molecule has 1 atom stereocenters. The van der Waals surface area contributed by atoms with Crippen LogP contribution in [0, 0.1) is 0 Å². The molecule has 1 aromatic carbocycles. The molecule has 6 heteroatoms. The van der Waals surface area contributed by atoms with Crippen LogP contribution in [0.25, 0.3) is 5.76 Å². The monoisotopic (exact) mass is 328 g/mol. The van der Waals surface area contributed by atoms with Gasteiger partial charge in [-0.05, 0) is 26.8 Å². The molecule has 1 aromatic rings. The van der Waals surface area contributed by atoms with Crippen LogP contribution in [0.4, 0.5) is 0 Å². The number of rotatable bonds is 6. The van der Waals surface area contributed by atoms with Crippen LogP contribution in [-0.2, 0) is 18.3 Å². The lowest BCUT2D eigenvalue weighted by molar-refractivity contribution is 0.224. The maximum atomic E-state index is 13.2. The van der Waals surface area contributed by atoms with E-state index in [1.54, 1.807) is 18.9 Å². The summed E-state index contributed by atoms with van der Waals surface area (Å²) in [4.78, 5) is 1.12. The Bertz CT molecular complexity index is 575. The molecule has 0 aliphatic carbocycles. The highest BCUT2D eigenvalue weighted by atomic mass is 32.2. The van der Waals surface area contributed by atoms with Crippen LogP contribution < -0.4 is 0 Å². The fourth-order valence-corrected chi connectivity index (χ4v) is 5.93. The maximum absolute atomic E-state index is 13.2. The second kappa shape index (κ2) is 7.01. The number of ether oxygens (including phenoxy) is 1. The van der Waals surface area contributed by atoms with Gasteiger partial charge in [-0.15, -0.1) is 11.8 Å². The minimum Gasteiger partial charge on any atom is -0.495 e. The largest absolute Gasteiger partial charge is 0.495 e. The Morgan fingerprint density at radius 2 is 1.81 bits per heavy atom. The van der Waals surface area contributed by atoms with Crippen molar-refractivity contribution in [2.75, 3.05) is 20.3 Å². The number of hydrogen-bond donors (Lipinski definition) is 0. The molecule has 0 spiro atoms. The maximum Gasteiger partial charge on any atom is 0.362 e. The molecule has 1 heterocycles. The first-order valence-corrected chi connectivity index (χ1v) is 9.43. The van der Waals surface area contributed by atoms with Crippen molar-refractivity contribution >= 4 is 25.1 Å². The quantitative estimate of drug-likeness (QED) is 0.704. The molecule has 1 unspecified atom stereocenters. The van der Waals surface area contributed by atoms with Gasteiger partial charge in [-0.2, -0.15) is 0 Å². The number of thioether (sulfide) groups is 1. The van der Waals surface area contributed by atoms with Crippen molar-refractivity contribution in [2.45, 2.75) is 30.9 Å². The van der Waals surface area contributed by atoms with Gasteiger partial charge in [0.15, 0.2) is 0 Å². The molecule has 0 N–H and O–H groups in total. The predicted molar refractivity (Wildman–Crippen MR) is 86.5 cm³/mol. The highest BCUT2D eigenvalue weighted by molar-refractivity contribution is 8.00. The summed E-state index contributed by atoms with van der Waals surface area (Å²) in [6, 6.07) is 7.94. The van der Waals surface area contributed by atoms with Gasteiger partial charge in [-0.1, -0.05) is 18.2 Å². The lowest BCUT2D eigenvalue weighted by Crippen LogP contribution is -2.15. The van der Waals surface area contributed by atoms with Crippen LogP contribution in [0.5, 0.6) is 0 Å². The summed E-state index contributed by atoms with van der Waals surface area (Å²) in [6.07, 6.45) is 0. The molecule has 1 aliphatic heterocycles. The molecule has 21 heavy (non-hydrogen) atoms. The van der Waals surface area contributed by atoms with E-state index in [2.05, 4.69) is 0 Å². The molecule has 2 rings (SSSR count). The fraction of sp³-hybridized carbons (Fsp3) is 0.467. The highest BCUT2D eigenvalue weighted by Gasteiger charge is 2.40. The third-order valence-corrected chi connectivity index (χ3v) is 6.90. The Labute approximate surface area is 130 Å². The van der Waals surface area contributed by atoms with Gasteiger partial charge in [0.25, 0.3) is 0 Å². The topological polar surface area (TPSA) is 44.8 Å². The predicted octanol–water partition coefficient (Wildman–Crippen LogP) is 4.76. The van der Waals surface area contributed by atoms with Gasteiger partial charge in [0.1, 0.15) is 5.76 Å². The Kier molecular flexibility index (Phi) is 5.55. The molecule has 0 saturated heterocycles. The van der Waals surface area contributed by atoms with Crippen LogP contribution in [-0.4, -0.2) is 25.6 Å². The van der Waals surface area contributed by atoms with Crippen LogP contribution in [0.15, 0.2) is 34.5 Å². The molecule has 4 nitrogen and oxygen atoms in total. The van der Waals surface area contributed by atoms with Crippen molar-refractivity contribution < 1.29 is 18.3 Å². The minimum atomic E-state index is -3.35. The van der Waals surface area contributed by atoms with Crippen LogP contribution in [0.3, 0.4) is 0 Å². The average molecular weight is 328 g/mol. The summed E-state index contributed by atoms with van der Waals surface area (Å²) in [6.45, 7) is 6.29. The number of benzene rings is 1. The molecule has 0 saturated carbocycles. The van der Waals surface area contributed by atoms with Crippen molar-refractivity contribution in [3.63, 3.8) is 0 Å². The zero-order valence-corrected chi connectivity index (χ0v) is 14.5. The lowest BCUT2D eigenvalue weighted by Gasteiger charge is -2.30. The first kappa shape index (κ1) is 16.6. The summed E-state index contributed by atoms with van der Waals surface area (Å²) in [5, 5.41) is 0.594. The average Bonchev–Trinajstić information content (AvgIpc) is 2.46. The SMILES string of the molecule is CCOP(=O)(OCC)C1=C(OC)c2ccccc2SC1C. The molecule has 0 bridgehead atoms. The summed E-state index contributed by atoms with van der Waals surface area (Å²) in [5.74, 6) is 0.613. The van der Waals surface area contributed by atoms with Crippen LogP contribution in [0.1, 0.15) is 26.3 Å². The van der Waals surface area contributed by atoms with Gasteiger partial charge in [-0.3, -0.25) is 4.57 Å². The number of fused-ring (bicyclic) bond motifs is 1. The van der Waals surface area contributed by atoms with Crippen LogP contribution >= 0.6 is 19.4 Å². The van der Waals surface area contributed by atoms with E-state index in [1.165, 1.54) is 0 Å². The van der Waals surface area contributed by atoms with Crippen LogP contribution in [0.2, 0.25) is 0 Å². The molecule has 116 valence electrons. The molecule has 0 fully saturated rings. The van der Waals surface area contributed by atoms with E-state index in [-0.39, 0.29) is 5.25 Å². The van der Waals surface area contributed by atoms with Crippen molar-refractivity contribution in [1.82, 2.24) is 0 Å². The normalized spacial score (nSPS) is 18.6. The third-order valence-electron chi connectivity index (χ3n) is 3.15. The summed E-state index contributed by atoms with van der Waals surface area (Å²) >= 11 is 1.65. The smallest absolute Gasteiger partial charge is 0.362 e. The fourth-order valence-electron chi connectivity index (χ4n) is 2.40. The molecule has 0 amide bonds. The van der Waals surface area contributed by atoms with Gasteiger partial charge >= 0.3 is 7.60 Å². The van der Waals surface area contributed by atoms with Gasteiger partial charge in [0.05, 0.1) is 25.6 Å². The first-order valence-electron chi connectivity index (χ1n) is 7.01. The number of hydrogen-bond acceptors (Lipinski definition) is 5. The second-order valence-electron chi connectivity index (χ2n) is 4.51. The zero-order chi connectivity index (χ0) is 15.5. The minimum absolute atomic E-state index is 0.0289. The van der Waals surface area contributed by atoms with E-state index < -0.39 is 7.60 Å². The van der Waals surface area contributed by atoms with Crippen molar-refractivity contribution in [1.29, 1.82) is 0 Å². The first-order chi connectivity index (χ1) is 10.1. The van der Waals surface area contributed by atoms with Crippen molar-refractivity contribution in [3.05, 3.63) is 35.1 Å². The molecule has 0 radical (unpaired) electrons. The van der Waals surface area contributed by atoms with Gasteiger partial charge in [0, 0.05) is 15.7 Å². The lowest BCUT2D eigenvalue weighted by atomic mass is 10.1. The Balaban J connectivity index is 2.62. The second-order valence-corrected chi connectivity index (χ2v) is 7.88. The van der Waals surface area contributed by atoms with Crippen molar-refractivity contribution in [3.8, 4) is 0 Å². The van der Waals surface area contributed by atoms with Gasteiger partial charge < -0.3 is 13.8 Å². The summed E-state index contributed by atoms with van der Waals surface area (Å²) in [7, 11) is -1.75. The zero-order valence-electron chi connectivity index (χ0n) is 12.8. The van der Waals surface area contributed by atoms with Gasteiger partial charge in [-0.25, -0.2) is 0 Å². The molecule has 0 aromatic heterocycles. The van der Waals surface area contributed by atoms with E-state index in [1.807, 2.05) is 45.0 Å². The van der Waals surface area contributed by atoms with E-state index in [0.29, 0.717) is 24.3 Å². The molecular formula is C15H21O4PS. The Hall–Kier alpha value is -0.740.